The van der Waals surface area contributed by atoms with Gasteiger partial charge in [0.2, 0.25) is 11.8 Å². The van der Waals surface area contributed by atoms with E-state index in [0.29, 0.717) is 25.6 Å². The van der Waals surface area contributed by atoms with Crippen molar-refractivity contribution in [3.05, 3.63) is 35.9 Å². The maximum atomic E-state index is 12.6. The minimum atomic E-state index is -0.0769. The van der Waals surface area contributed by atoms with Crippen LogP contribution in [0, 0.1) is 0 Å². The number of fused-ring (bicyclic) bond motifs is 1. The van der Waals surface area contributed by atoms with Gasteiger partial charge in [-0.05, 0) is 39.3 Å². The molecule has 2 heterocycles. The van der Waals surface area contributed by atoms with Gasteiger partial charge in [0.15, 0.2) is 0 Å². The lowest BCUT2D eigenvalue weighted by molar-refractivity contribution is -0.126. The van der Waals surface area contributed by atoms with Gasteiger partial charge in [-0.3, -0.25) is 19.4 Å². The van der Waals surface area contributed by atoms with E-state index < -0.39 is 0 Å². The van der Waals surface area contributed by atoms with Gasteiger partial charge in [-0.1, -0.05) is 30.3 Å². The maximum Gasteiger partial charge on any atom is 0.239 e. The van der Waals surface area contributed by atoms with Crippen LogP contribution in [0.3, 0.4) is 0 Å². The van der Waals surface area contributed by atoms with Crippen molar-refractivity contribution in [1.82, 2.24) is 20.4 Å². The van der Waals surface area contributed by atoms with Gasteiger partial charge in [0.1, 0.15) is 6.04 Å². The van der Waals surface area contributed by atoms with Crippen LogP contribution in [-0.4, -0.2) is 65.9 Å². The third-order valence-corrected chi connectivity index (χ3v) is 5.98. The molecule has 6 heteroatoms. The summed E-state index contributed by atoms with van der Waals surface area (Å²) in [6, 6.07) is 10.6. The molecule has 6 nitrogen and oxygen atoms in total. The number of likely N-dealkylation sites (N-methyl/N-ethyl adjacent to an activating group) is 1. The number of carbonyl (C=O) groups is 2. The molecule has 2 saturated heterocycles. The molecule has 2 aliphatic heterocycles. The summed E-state index contributed by atoms with van der Waals surface area (Å²) >= 11 is 0. The average Bonchev–Trinajstić information content (AvgIpc) is 3.07. The molecule has 2 N–H and O–H groups in total. The standard InChI is InChI=1S/C21H32N4O2/c1-15(2)25-12-11-18-20(25)21(27)23-14-17(24(18)3)9-10-19(26)22-13-16-7-5-4-6-8-16/h4-8,15,17-18,20H,9-14H2,1-3H3,(H,22,26)(H,23,27)/t17-,18+,20-/m0/s1. The van der Waals surface area contributed by atoms with Crippen LogP contribution in [0.4, 0.5) is 0 Å². The van der Waals surface area contributed by atoms with Crippen molar-refractivity contribution in [3.8, 4) is 0 Å². The first-order valence-corrected chi connectivity index (χ1v) is 10.0. The van der Waals surface area contributed by atoms with Crippen molar-refractivity contribution >= 4 is 11.8 Å². The Bertz CT molecular complexity index is 649. The Morgan fingerprint density at radius 2 is 2.04 bits per heavy atom. The first kappa shape index (κ1) is 19.8. The van der Waals surface area contributed by atoms with Crippen LogP contribution in [-0.2, 0) is 16.1 Å². The van der Waals surface area contributed by atoms with Gasteiger partial charge < -0.3 is 10.6 Å². The summed E-state index contributed by atoms with van der Waals surface area (Å²) in [7, 11) is 2.11. The predicted molar refractivity (Wildman–Crippen MR) is 106 cm³/mol. The molecular formula is C21H32N4O2. The number of hydrogen-bond acceptors (Lipinski definition) is 4. The predicted octanol–water partition coefficient (Wildman–Crippen LogP) is 1.36. The molecule has 0 radical (unpaired) electrons. The number of rotatable bonds is 6. The first-order chi connectivity index (χ1) is 13.0. The van der Waals surface area contributed by atoms with E-state index >= 15 is 0 Å². The Hall–Kier alpha value is -1.92. The van der Waals surface area contributed by atoms with Crippen molar-refractivity contribution in [2.75, 3.05) is 20.1 Å². The lowest BCUT2D eigenvalue weighted by Crippen LogP contribution is -2.51. The van der Waals surface area contributed by atoms with E-state index in [0.717, 1.165) is 24.9 Å². The van der Waals surface area contributed by atoms with Gasteiger partial charge >= 0.3 is 0 Å². The molecule has 0 aromatic heterocycles. The Morgan fingerprint density at radius 3 is 2.74 bits per heavy atom. The highest BCUT2D eigenvalue weighted by Crippen LogP contribution is 2.28. The molecule has 2 aliphatic rings. The topological polar surface area (TPSA) is 64.7 Å². The molecule has 0 bridgehead atoms. The molecule has 2 fully saturated rings. The fourth-order valence-corrected chi connectivity index (χ4v) is 4.36. The number of amides is 2. The second-order valence-corrected chi connectivity index (χ2v) is 8.00. The van der Waals surface area contributed by atoms with Crippen LogP contribution in [0.25, 0.3) is 0 Å². The summed E-state index contributed by atoms with van der Waals surface area (Å²) in [5, 5.41) is 6.10. The molecule has 1 aromatic carbocycles. The molecule has 3 rings (SSSR count). The van der Waals surface area contributed by atoms with Crippen LogP contribution in [0.1, 0.15) is 38.7 Å². The van der Waals surface area contributed by atoms with Crippen LogP contribution < -0.4 is 10.6 Å². The largest absolute Gasteiger partial charge is 0.353 e. The van der Waals surface area contributed by atoms with E-state index in [1.807, 2.05) is 30.3 Å². The van der Waals surface area contributed by atoms with Crippen LogP contribution in [0.15, 0.2) is 30.3 Å². The van der Waals surface area contributed by atoms with Gasteiger partial charge in [0.05, 0.1) is 0 Å². The molecule has 3 atom stereocenters. The summed E-state index contributed by atoms with van der Waals surface area (Å²) in [6.07, 6.45) is 2.23. The third kappa shape index (κ3) is 4.68. The number of likely N-dealkylation sites (tertiary alicyclic amines) is 1. The van der Waals surface area contributed by atoms with Gasteiger partial charge in [0.25, 0.3) is 0 Å². The Labute approximate surface area is 162 Å². The Balaban J connectivity index is 1.53. The molecular weight excluding hydrogens is 340 g/mol. The summed E-state index contributed by atoms with van der Waals surface area (Å²) < 4.78 is 0. The molecule has 0 aliphatic carbocycles. The zero-order valence-electron chi connectivity index (χ0n) is 16.6. The van der Waals surface area contributed by atoms with Gasteiger partial charge in [-0.15, -0.1) is 0 Å². The quantitative estimate of drug-likeness (QED) is 0.792. The monoisotopic (exact) mass is 372 g/mol. The normalized spacial score (nSPS) is 26.5. The summed E-state index contributed by atoms with van der Waals surface area (Å²) in [4.78, 5) is 29.5. The van der Waals surface area contributed by atoms with Crippen molar-refractivity contribution in [3.63, 3.8) is 0 Å². The van der Waals surface area contributed by atoms with Crippen molar-refractivity contribution < 1.29 is 9.59 Å². The average molecular weight is 373 g/mol. The van der Waals surface area contributed by atoms with Crippen molar-refractivity contribution in [1.29, 1.82) is 0 Å². The molecule has 27 heavy (non-hydrogen) atoms. The second-order valence-electron chi connectivity index (χ2n) is 8.00. The van der Waals surface area contributed by atoms with E-state index in [4.69, 9.17) is 0 Å². The highest BCUT2D eigenvalue weighted by molar-refractivity contribution is 5.83. The molecule has 0 spiro atoms. The number of nitrogens with one attached hydrogen (secondary N) is 2. The van der Waals surface area contributed by atoms with E-state index in [1.165, 1.54) is 0 Å². The van der Waals surface area contributed by atoms with E-state index in [2.05, 4.69) is 41.3 Å². The van der Waals surface area contributed by atoms with E-state index in [-0.39, 0.29) is 29.9 Å². The smallest absolute Gasteiger partial charge is 0.239 e. The number of carbonyl (C=O) groups excluding carboxylic acids is 2. The van der Waals surface area contributed by atoms with Crippen molar-refractivity contribution in [2.24, 2.45) is 0 Å². The van der Waals surface area contributed by atoms with Gasteiger partial charge in [-0.2, -0.15) is 0 Å². The lowest BCUT2D eigenvalue weighted by atomic mass is 10.0. The van der Waals surface area contributed by atoms with Crippen LogP contribution in [0.2, 0.25) is 0 Å². The van der Waals surface area contributed by atoms with E-state index in [1.54, 1.807) is 0 Å². The molecule has 2 amide bonds. The van der Waals surface area contributed by atoms with Crippen LogP contribution in [0.5, 0.6) is 0 Å². The van der Waals surface area contributed by atoms with E-state index in [9.17, 15) is 9.59 Å². The SMILES string of the molecule is CC(C)N1CC[C@@H]2[C@H]1C(=O)NC[C@H](CCC(=O)NCc1ccccc1)N2C. The van der Waals surface area contributed by atoms with Gasteiger partial charge in [-0.25, -0.2) is 0 Å². The Morgan fingerprint density at radius 1 is 1.30 bits per heavy atom. The summed E-state index contributed by atoms with van der Waals surface area (Å²) in [5.41, 5.74) is 1.10. The fraction of sp³-hybridized carbons (Fsp3) is 0.619. The zero-order valence-corrected chi connectivity index (χ0v) is 16.6. The highest BCUT2D eigenvalue weighted by Gasteiger charge is 2.45. The molecule has 0 saturated carbocycles. The maximum absolute atomic E-state index is 12.6. The molecule has 148 valence electrons. The molecule has 1 aromatic rings. The van der Waals surface area contributed by atoms with Crippen LogP contribution >= 0.6 is 0 Å². The van der Waals surface area contributed by atoms with Gasteiger partial charge in [0, 0.05) is 44.2 Å². The highest BCUT2D eigenvalue weighted by atomic mass is 16.2. The number of benzene rings is 1. The minimum Gasteiger partial charge on any atom is -0.353 e. The zero-order chi connectivity index (χ0) is 19.4. The van der Waals surface area contributed by atoms with Crippen molar-refractivity contribution in [2.45, 2.75) is 63.8 Å². The number of hydrogen-bond donors (Lipinski definition) is 2. The first-order valence-electron chi connectivity index (χ1n) is 10.0. The fourth-order valence-electron chi connectivity index (χ4n) is 4.36. The third-order valence-electron chi connectivity index (χ3n) is 5.98. The Kier molecular flexibility index (Phi) is 6.50. The second kappa shape index (κ2) is 8.85. The summed E-state index contributed by atoms with van der Waals surface area (Å²) in [5.74, 6) is 0.198. The number of nitrogens with zero attached hydrogens (tertiary/aromatic N) is 2. The lowest BCUT2D eigenvalue weighted by Gasteiger charge is -2.34. The summed E-state index contributed by atoms with van der Waals surface area (Å²) in [6.45, 7) is 6.42. The molecule has 0 unspecified atom stereocenters. The minimum absolute atomic E-state index is 0.0644.